The summed E-state index contributed by atoms with van der Waals surface area (Å²) in [6.45, 7) is 3.33. The molecule has 0 spiro atoms. The average Bonchev–Trinajstić information content (AvgIpc) is 3.55. The van der Waals surface area contributed by atoms with Gasteiger partial charge in [0, 0.05) is 30.4 Å². The topological polar surface area (TPSA) is 96.4 Å². The molecule has 1 fully saturated rings. The van der Waals surface area contributed by atoms with Crippen molar-refractivity contribution < 1.29 is 9.53 Å². The lowest BCUT2D eigenvalue weighted by atomic mass is 10.2. The largest absolute Gasteiger partial charge is 0.457 e. The molecule has 0 aliphatic carbocycles. The summed E-state index contributed by atoms with van der Waals surface area (Å²) >= 11 is 1.61. The summed E-state index contributed by atoms with van der Waals surface area (Å²) < 4.78 is 7.27. The second kappa shape index (κ2) is 10.4. The van der Waals surface area contributed by atoms with Crippen LogP contribution in [0.5, 0.6) is 11.5 Å². The van der Waals surface area contributed by atoms with Gasteiger partial charge in [0.2, 0.25) is 0 Å². The minimum atomic E-state index is -0.00444. The van der Waals surface area contributed by atoms with E-state index in [1.54, 1.807) is 16.2 Å². The van der Waals surface area contributed by atoms with Crippen LogP contribution in [0.4, 0.5) is 17.3 Å². The number of nitrogens with one attached hydrogen (secondary N) is 1. The van der Waals surface area contributed by atoms with E-state index in [0.717, 1.165) is 45.1 Å². The molecule has 0 unspecified atom stereocenters. The number of carbonyl (C=O) groups is 1. The molecule has 1 amide bonds. The number of fused-ring (bicyclic) bond motifs is 2. The Morgan fingerprint density at radius 1 is 1.08 bits per heavy atom. The van der Waals surface area contributed by atoms with Crippen molar-refractivity contribution in [1.82, 2.24) is 24.8 Å². The fraction of sp³-hybridized carbons (Fsp3) is 0.207. The molecule has 196 valence electrons. The molecule has 1 aliphatic rings. The predicted octanol–water partition coefficient (Wildman–Crippen LogP) is 5.70. The van der Waals surface area contributed by atoms with Gasteiger partial charge < -0.3 is 15.0 Å². The Bertz CT molecular complexity index is 1730. The monoisotopic (exact) mass is 537 g/mol. The number of likely N-dealkylation sites (N-methyl/N-ethyl adjacent to an activating group) is 1. The molecule has 0 bridgehead atoms. The van der Waals surface area contributed by atoms with Crippen molar-refractivity contribution in [3.8, 4) is 11.5 Å². The van der Waals surface area contributed by atoms with Crippen LogP contribution in [-0.2, 0) is 4.79 Å². The Hall–Kier alpha value is -4.41. The van der Waals surface area contributed by atoms with Gasteiger partial charge in [-0.05, 0) is 75.5 Å². The molecule has 5 aromatic rings. The van der Waals surface area contributed by atoms with E-state index in [1.807, 2.05) is 86.0 Å². The van der Waals surface area contributed by atoms with Crippen LogP contribution in [-0.4, -0.2) is 57.9 Å². The van der Waals surface area contributed by atoms with Crippen LogP contribution in [0.2, 0.25) is 0 Å². The van der Waals surface area contributed by atoms with E-state index >= 15 is 0 Å². The number of anilines is 3. The summed E-state index contributed by atoms with van der Waals surface area (Å²) in [5, 5.41) is 3.37. The minimum absolute atomic E-state index is 0.00444. The highest BCUT2D eigenvalue weighted by Crippen LogP contribution is 2.32. The quantitative estimate of drug-likeness (QED) is 0.264. The number of aryl methyl sites for hydroxylation is 1. The van der Waals surface area contributed by atoms with Crippen LogP contribution < -0.4 is 15.0 Å². The van der Waals surface area contributed by atoms with E-state index in [1.165, 1.54) is 6.33 Å². The molecule has 2 aromatic carbocycles. The molecule has 6 rings (SSSR count). The molecular weight excluding hydrogens is 510 g/mol. The number of nitrogens with zero attached hydrogens (tertiary/aromatic N) is 6. The van der Waals surface area contributed by atoms with Crippen molar-refractivity contribution in [3.05, 3.63) is 77.6 Å². The summed E-state index contributed by atoms with van der Waals surface area (Å²) in [6, 6.07) is 15.5. The van der Waals surface area contributed by atoms with Gasteiger partial charge in [-0.25, -0.2) is 19.9 Å². The van der Waals surface area contributed by atoms with Gasteiger partial charge in [0.05, 0.1) is 21.2 Å². The van der Waals surface area contributed by atoms with Crippen LogP contribution >= 0.6 is 11.3 Å². The van der Waals surface area contributed by atoms with E-state index < -0.39 is 0 Å². The second-order valence-corrected chi connectivity index (χ2v) is 10.5. The first-order chi connectivity index (χ1) is 18.9. The number of aromatic nitrogens is 4. The van der Waals surface area contributed by atoms with Gasteiger partial charge in [-0.2, -0.15) is 0 Å². The Balaban J connectivity index is 1.23. The zero-order valence-corrected chi connectivity index (χ0v) is 22.7. The summed E-state index contributed by atoms with van der Waals surface area (Å²) in [4.78, 5) is 34.8. The smallest absolute Gasteiger partial charge is 0.255 e. The molecule has 9 nitrogen and oxygen atoms in total. The summed E-state index contributed by atoms with van der Waals surface area (Å²) in [5.74, 6) is 2.66. The number of carbonyl (C=O) groups excluding carboxylic acids is 1. The fourth-order valence-electron chi connectivity index (χ4n) is 4.49. The molecular formula is C29H27N7O2S. The number of hydrogen-bond donors (Lipinski definition) is 1. The van der Waals surface area contributed by atoms with Gasteiger partial charge in [-0.3, -0.25) is 9.69 Å². The number of pyridine rings is 1. The number of benzene rings is 2. The fourth-order valence-corrected chi connectivity index (χ4v) is 5.15. The Morgan fingerprint density at radius 3 is 2.82 bits per heavy atom. The number of rotatable bonds is 7. The highest BCUT2D eigenvalue weighted by molar-refractivity contribution is 7.16. The van der Waals surface area contributed by atoms with Gasteiger partial charge >= 0.3 is 0 Å². The predicted molar refractivity (Wildman–Crippen MR) is 155 cm³/mol. The summed E-state index contributed by atoms with van der Waals surface area (Å²) in [7, 11) is 3.97. The molecule has 0 radical (unpaired) electrons. The third-order valence-corrected chi connectivity index (χ3v) is 7.35. The maximum absolute atomic E-state index is 13.0. The third-order valence-electron chi connectivity index (χ3n) is 6.54. The third kappa shape index (κ3) is 5.16. The van der Waals surface area contributed by atoms with E-state index in [4.69, 9.17) is 9.72 Å². The van der Waals surface area contributed by atoms with Crippen molar-refractivity contribution in [2.45, 2.75) is 13.3 Å². The number of hydrogen-bond acceptors (Lipinski definition) is 9. The molecule has 10 heteroatoms. The van der Waals surface area contributed by atoms with Gasteiger partial charge in [0.25, 0.3) is 5.91 Å². The molecule has 39 heavy (non-hydrogen) atoms. The van der Waals surface area contributed by atoms with Crippen molar-refractivity contribution in [1.29, 1.82) is 0 Å². The molecule has 0 atom stereocenters. The highest BCUT2D eigenvalue weighted by Gasteiger charge is 2.28. The lowest BCUT2D eigenvalue weighted by molar-refractivity contribution is -0.114. The van der Waals surface area contributed by atoms with Crippen LogP contribution in [0, 0.1) is 6.92 Å². The van der Waals surface area contributed by atoms with Crippen LogP contribution in [0.3, 0.4) is 0 Å². The molecule has 1 N–H and O–H groups in total. The number of amides is 1. The average molecular weight is 538 g/mol. The first kappa shape index (κ1) is 24.9. The first-order valence-corrected chi connectivity index (χ1v) is 13.5. The molecule has 1 aliphatic heterocycles. The SMILES string of the molecule is Cc1cc(Nc2ncnc3ccc(N4CC/C(=C\CN(C)C)C4=O)nc23)ccc1Oc1ccc2scnc2c1. The molecule has 0 saturated carbocycles. The number of thiazole rings is 1. The van der Waals surface area contributed by atoms with E-state index in [2.05, 4.69) is 20.3 Å². The Kier molecular flexibility index (Phi) is 6.64. The van der Waals surface area contributed by atoms with Gasteiger partial charge in [-0.1, -0.05) is 6.08 Å². The molecule has 4 heterocycles. The highest BCUT2D eigenvalue weighted by atomic mass is 32.1. The van der Waals surface area contributed by atoms with E-state index in [9.17, 15) is 4.79 Å². The molecule has 3 aromatic heterocycles. The normalized spacial score (nSPS) is 14.7. The first-order valence-electron chi connectivity index (χ1n) is 12.6. The van der Waals surface area contributed by atoms with Crippen LogP contribution in [0.25, 0.3) is 21.3 Å². The van der Waals surface area contributed by atoms with Gasteiger partial charge in [-0.15, -0.1) is 11.3 Å². The summed E-state index contributed by atoms with van der Waals surface area (Å²) in [5.41, 5.74) is 6.67. The van der Waals surface area contributed by atoms with Crippen molar-refractivity contribution in [2.24, 2.45) is 0 Å². The maximum Gasteiger partial charge on any atom is 0.255 e. The summed E-state index contributed by atoms with van der Waals surface area (Å²) in [6.07, 6.45) is 4.20. The van der Waals surface area contributed by atoms with Crippen molar-refractivity contribution >= 4 is 55.8 Å². The van der Waals surface area contributed by atoms with Gasteiger partial charge in [0.15, 0.2) is 5.82 Å². The standard InChI is InChI=1S/C29H27N7O2S/c1-18-14-20(4-7-24(18)38-21-5-8-25-23(15-21)32-17-39-25)33-28-27-22(30-16-31-28)6-9-26(34-27)36-13-11-19(29(36)37)10-12-35(2)3/h4-10,14-17H,11-13H2,1-3H3,(H,30,31,33)/b19-10+. The Morgan fingerprint density at radius 2 is 1.97 bits per heavy atom. The van der Waals surface area contributed by atoms with E-state index in [0.29, 0.717) is 35.6 Å². The second-order valence-electron chi connectivity index (χ2n) is 9.65. The molecule has 1 saturated heterocycles. The van der Waals surface area contributed by atoms with Gasteiger partial charge in [0.1, 0.15) is 29.2 Å². The maximum atomic E-state index is 13.0. The van der Waals surface area contributed by atoms with E-state index in [-0.39, 0.29) is 5.91 Å². The Labute approximate surface area is 229 Å². The lowest BCUT2D eigenvalue weighted by Gasteiger charge is -2.16. The number of ether oxygens (including phenoxy) is 1. The minimum Gasteiger partial charge on any atom is -0.457 e. The van der Waals surface area contributed by atoms with Crippen LogP contribution in [0.1, 0.15) is 12.0 Å². The van der Waals surface area contributed by atoms with Crippen LogP contribution in [0.15, 0.2) is 72.0 Å². The zero-order valence-electron chi connectivity index (χ0n) is 21.9. The van der Waals surface area contributed by atoms with Crippen molar-refractivity contribution in [3.63, 3.8) is 0 Å². The lowest BCUT2D eigenvalue weighted by Crippen LogP contribution is -2.25. The zero-order chi connectivity index (χ0) is 26.9. The van der Waals surface area contributed by atoms with Crippen molar-refractivity contribution in [2.75, 3.05) is 37.4 Å².